The van der Waals surface area contributed by atoms with Crippen molar-refractivity contribution >= 4 is 11.6 Å². The Morgan fingerprint density at radius 1 is 1.11 bits per heavy atom. The highest BCUT2D eigenvalue weighted by Crippen LogP contribution is 2.18. The number of halogens is 1. The number of anilines is 1. The lowest BCUT2D eigenvalue weighted by molar-refractivity contribution is 0.0939. The molecule has 0 radical (unpaired) electrons. The van der Waals surface area contributed by atoms with Gasteiger partial charge in [-0.3, -0.25) is 9.69 Å². The van der Waals surface area contributed by atoms with Crippen molar-refractivity contribution in [2.75, 3.05) is 31.1 Å². The fraction of sp³-hybridized carbons (Fsp3) is 0.409. The van der Waals surface area contributed by atoms with E-state index in [0.29, 0.717) is 0 Å². The Balaban J connectivity index is 1.55. The first-order chi connectivity index (χ1) is 13.0. The van der Waals surface area contributed by atoms with Crippen molar-refractivity contribution in [3.05, 3.63) is 65.5 Å². The van der Waals surface area contributed by atoms with E-state index in [1.165, 1.54) is 12.1 Å². The first-order valence-electron chi connectivity index (χ1n) is 9.68. The molecule has 1 heterocycles. The largest absolute Gasteiger partial charge is 0.369 e. The van der Waals surface area contributed by atoms with Gasteiger partial charge in [-0.2, -0.15) is 0 Å². The fourth-order valence-corrected chi connectivity index (χ4v) is 3.29. The number of carbonyl (C=O) groups excluding carboxylic acids is 1. The molecule has 1 fully saturated rings. The number of carbonyl (C=O) groups is 1. The lowest BCUT2D eigenvalue weighted by Gasteiger charge is -2.36. The maximum atomic E-state index is 13.1. The summed E-state index contributed by atoms with van der Waals surface area (Å²) in [7, 11) is 0. The number of amides is 1. The van der Waals surface area contributed by atoms with Gasteiger partial charge in [0, 0.05) is 50.0 Å². The van der Waals surface area contributed by atoms with Gasteiger partial charge in [-0.05, 0) is 55.3 Å². The van der Waals surface area contributed by atoms with E-state index in [1.54, 1.807) is 0 Å². The Hall–Kier alpha value is -2.40. The number of nitrogens with one attached hydrogen (secondary N) is 1. The molecular weight excluding hydrogens is 341 g/mol. The molecule has 5 heteroatoms. The highest BCUT2D eigenvalue weighted by Gasteiger charge is 2.18. The number of rotatable bonds is 6. The van der Waals surface area contributed by atoms with E-state index < -0.39 is 0 Å². The van der Waals surface area contributed by atoms with Crippen LogP contribution in [0.1, 0.15) is 36.2 Å². The lowest BCUT2D eigenvalue weighted by Crippen LogP contribution is -2.46. The van der Waals surface area contributed by atoms with Crippen LogP contribution in [0.25, 0.3) is 0 Å². The van der Waals surface area contributed by atoms with Crippen molar-refractivity contribution in [1.29, 1.82) is 0 Å². The number of hydrogen-bond acceptors (Lipinski definition) is 3. The van der Waals surface area contributed by atoms with E-state index in [-0.39, 0.29) is 17.8 Å². The molecule has 0 unspecified atom stereocenters. The molecule has 144 valence electrons. The SMILES string of the molecule is CC[C@@H](C)NC(=O)c1cccc(CN2CCN(c3ccc(F)cc3)CC2)c1. The summed E-state index contributed by atoms with van der Waals surface area (Å²) in [5, 5.41) is 3.02. The van der Waals surface area contributed by atoms with Crippen molar-refractivity contribution in [3.63, 3.8) is 0 Å². The Labute approximate surface area is 161 Å². The van der Waals surface area contributed by atoms with E-state index in [2.05, 4.69) is 28.1 Å². The van der Waals surface area contributed by atoms with Crippen LogP contribution in [0.3, 0.4) is 0 Å². The second-order valence-electron chi connectivity index (χ2n) is 7.22. The predicted octanol–water partition coefficient (Wildman–Crippen LogP) is 3.68. The molecule has 0 aliphatic carbocycles. The molecule has 0 spiro atoms. The standard InChI is InChI=1S/C22H28FN3O/c1-3-17(2)24-22(27)19-6-4-5-18(15-19)16-25-11-13-26(14-12-25)21-9-7-20(23)8-10-21/h4-10,15,17H,3,11-14,16H2,1-2H3,(H,24,27)/t17-/m1/s1. The van der Waals surface area contributed by atoms with Crippen molar-refractivity contribution in [2.45, 2.75) is 32.9 Å². The van der Waals surface area contributed by atoms with E-state index in [0.717, 1.165) is 56.0 Å². The van der Waals surface area contributed by atoms with Gasteiger partial charge >= 0.3 is 0 Å². The molecule has 4 nitrogen and oxygen atoms in total. The van der Waals surface area contributed by atoms with Gasteiger partial charge < -0.3 is 10.2 Å². The molecule has 0 bridgehead atoms. The predicted molar refractivity (Wildman–Crippen MR) is 108 cm³/mol. The normalized spacial score (nSPS) is 16.2. The first kappa shape index (κ1) is 19.4. The Bertz CT molecular complexity index is 754. The van der Waals surface area contributed by atoms with Crippen molar-refractivity contribution in [1.82, 2.24) is 10.2 Å². The molecular formula is C22H28FN3O. The van der Waals surface area contributed by atoms with Gasteiger partial charge in [0.05, 0.1) is 0 Å². The molecule has 1 aliphatic heterocycles. The third-order valence-corrected chi connectivity index (χ3v) is 5.15. The molecule has 0 saturated carbocycles. The van der Waals surface area contributed by atoms with Gasteiger partial charge in [0.2, 0.25) is 0 Å². The van der Waals surface area contributed by atoms with Gasteiger partial charge in [-0.25, -0.2) is 4.39 Å². The molecule has 1 N–H and O–H groups in total. The second kappa shape index (κ2) is 9.00. The summed E-state index contributed by atoms with van der Waals surface area (Å²) in [5.41, 5.74) is 2.94. The van der Waals surface area contributed by atoms with Gasteiger partial charge in [0.15, 0.2) is 0 Å². The maximum Gasteiger partial charge on any atom is 0.251 e. The second-order valence-corrected chi connectivity index (χ2v) is 7.22. The highest BCUT2D eigenvalue weighted by molar-refractivity contribution is 5.94. The number of piperazine rings is 1. The summed E-state index contributed by atoms with van der Waals surface area (Å²) in [6, 6.07) is 14.8. The van der Waals surface area contributed by atoms with E-state index in [4.69, 9.17) is 0 Å². The monoisotopic (exact) mass is 369 g/mol. The Morgan fingerprint density at radius 2 is 1.81 bits per heavy atom. The molecule has 27 heavy (non-hydrogen) atoms. The van der Waals surface area contributed by atoms with Crippen LogP contribution in [0.15, 0.2) is 48.5 Å². The van der Waals surface area contributed by atoms with Crippen LogP contribution < -0.4 is 10.2 Å². The van der Waals surface area contributed by atoms with E-state index in [9.17, 15) is 9.18 Å². The molecule has 1 saturated heterocycles. The smallest absolute Gasteiger partial charge is 0.251 e. The molecule has 3 rings (SSSR count). The van der Waals surface area contributed by atoms with Crippen LogP contribution in [0, 0.1) is 5.82 Å². The van der Waals surface area contributed by atoms with Gasteiger partial charge in [0.25, 0.3) is 5.91 Å². The number of nitrogens with zero attached hydrogens (tertiary/aromatic N) is 2. The Kier molecular flexibility index (Phi) is 6.45. The van der Waals surface area contributed by atoms with Crippen LogP contribution in [-0.2, 0) is 6.54 Å². The van der Waals surface area contributed by atoms with Gasteiger partial charge in [0.1, 0.15) is 5.82 Å². The third kappa shape index (κ3) is 5.30. The molecule has 2 aromatic carbocycles. The molecule has 1 atom stereocenters. The molecule has 1 aliphatic rings. The Morgan fingerprint density at radius 3 is 2.48 bits per heavy atom. The van der Waals surface area contributed by atoms with Crippen molar-refractivity contribution in [3.8, 4) is 0 Å². The maximum absolute atomic E-state index is 13.1. The van der Waals surface area contributed by atoms with Gasteiger partial charge in [-0.1, -0.05) is 19.1 Å². The number of benzene rings is 2. The summed E-state index contributed by atoms with van der Waals surface area (Å²) >= 11 is 0. The zero-order chi connectivity index (χ0) is 19.2. The molecule has 0 aromatic heterocycles. The minimum atomic E-state index is -0.199. The molecule has 1 amide bonds. The van der Waals surface area contributed by atoms with Crippen LogP contribution in [-0.4, -0.2) is 43.0 Å². The summed E-state index contributed by atoms with van der Waals surface area (Å²) in [5.74, 6) is -0.207. The summed E-state index contributed by atoms with van der Waals surface area (Å²) in [4.78, 5) is 17.0. The fourth-order valence-electron chi connectivity index (χ4n) is 3.29. The third-order valence-electron chi connectivity index (χ3n) is 5.15. The zero-order valence-electron chi connectivity index (χ0n) is 16.1. The minimum absolute atomic E-state index is 0.00710. The first-order valence-corrected chi connectivity index (χ1v) is 9.68. The molecule has 2 aromatic rings. The highest BCUT2D eigenvalue weighted by atomic mass is 19.1. The van der Waals surface area contributed by atoms with Crippen LogP contribution in [0.5, 0.6) is 0 Å². The van der Waals surface area contributed by atoms with Crippen LogP contribution in [0.2, 0.25) is 0 Å². The zero-order valence-corrected chi connectivity index (χ0v) is 16.1. The topological polar surface area (TPSA) is 35.6 Å². The van der Waals surface area contributed by atoms with Crippen molar-refractivity contribution in [2.24, 2.45) is 0 Å². The quantitative estimate of drug-likeness (QED) is 0.844. The van der Waals surface area contributed by atoms with E-state index in [1.807, 2.05) is 37.3 Å². The van der Waals surface area contributed by atoms with Gasteiger partial charge in [-0.15, -0.1) is 0 Å². The minimum Gasteiger partial charge on any atom is -0.369 e. The van der Waals surface area contributed by atoms with E-state index >= 15 is 0 Å². The average molecular weight is 369 g/mol. The lowest BCUT2D eigenvalue weighted by atomic mass is 10.1. The summed E-state index contributed by atoms with van der Waals surface area (Å²) in [6.07, 6.45) is 0.920. The number of hydrogen-bond donors (Lipinski definition) is 1. The van der Waals surface area contributed by atoms with Crippen LogP contribution >= 0.6 is 0 Å². The van der Waals surface area contributed by atoms with Crippen molar-refractivity contribution < 1.29 is 9.18 Å². The summed E-state index contributed by atoms with van der Waals surface area (Å²) in [6.45, 7) is 8.64. The summed E-state index contributed by atoms with van der Waals surface area (Å²) < 4.78 is 13.1. The average Bonchev–Trinajstić information content (AvgIpc) is 2.69. The van der Waals surface area contributed by atoms with Crippen LogP contribution in [0.4, 0.5) is 10.1 Å².